The molecule has 0 atom stereocenters. The van der Waals surface area contributed by atoms with Crippen LogP contribution >= 0.6 is 0 Å². The van der Waals surface area contributed by atoms with Crippen LogP contribution in [0.3, 0.4) is 0 Å². The first kappa shape index (κ1) is 19.8. The van der Waals surface area contributed by atoms with E-state index in [0.29, 0.717) is 28.9 Å². The van der Waals surface area contributed by atoms with Crippen molar-refractivity contribution in [2.45, 2.75) is 6.54 Å². The fourth-order valence-electron chi connectivity index (χ4n) is 2.69. The van der Waals surface area contributed by atoms with Gasteiger partial charge in [-0.25, -0.2) is 4.79 Å². The minimum Gasteiger partial charge on any atom is -0.465 e. The Balaban J connectivity index is 1.60. The molecule has 0 unspecified atom stereocenters. The second-order valence-electron chi connectivity index (χ2n) is 6.27. The predicted molar refractivity (Wildman–Crippen MR) is 110 cm³/mol. The average Bonchev–Trinajstić information content (AvgIpc) is 2.78. The third kappa shape index (κ3) is 5.29. The van der Waals surface area contributed by atoms with E-state index in [1.807, 2.05) is 30.3 Å². The second-order valence-corrected chi connectivity index (χ2v) is 6.27. The summed E-state index contributed by atoms with van der Waals surface area (Å²) in [5.74, 6) is -1.07. The summed E-state index contributed by atoms with van der Waals surface area (Å²) < 4.78 is 4.66. The van der Waals surface area contributed by atoms with Gasteiger partial charge in [-0.15, -0.1) is 0 Å². The van der Waals surface area contributed by atoms with Crippen LogP contribution in [0.2, 0.25) is 0 Å². The summed E-state index contributed by atoms with van der Waals surface area (Å²) in [6.45, 7) is 0.439. The van der Waals surface area contributed by atoms with Gasteiger partial charge in [-0.05, 0) is 48.0 Å². The lowest BCUT2D eigenvalue weighted by Crippen LogP contribution is -2.22. The number of hydrogen-bond donors (Lipinski definition) is 2. The van der Waals surface area contributed by atoms with Crippen molar-refractivity contribution < 1.29 is 19.1 Å². The molecule has 146 valence electrons. The minimum atomic E-state index is -0.509. The lowest BCUT2D eigenvalue weighted by molar-refractivity contribution is 0.0600. The first-order valence-electron chi connectivity index (χ1n) is 8.99. The van der Waals surface area contributed by atoms with Crippen LogP contribution in [-0.4, -0.2) is 24.9 Å². The van der Waals surface area contributed by atoms with E-state index in [0.717, 1.165) is 5.56 Å². The lowest BCUT2D eigenvalue weighted by atomic mass is 10.1. The van der Waals surface area contributed by atoms with Crippen LogP contribution in [0.15, 0.2) is 78.9 Å². The second kappa shape index (κ2) is 9.32. The fourth-order valence-corrected chi connectivity index (χ4v) is 2.69. The van der Waals surface area contributed by atoms with Gasteiger partial charge in [-0.1, -0.05) is 36.4 Å². The van der Waals surface area contributed by atoms with E-state index in [9.17, 15) is 14.4 Å². The summed E-state index contributed by atoms with van der Waals surface area (Å²) in [5, 5.41) is 5.60. The Hall–Kier alpha value is -3.93. The van der Waals surface area contributed by atoms with Gasteiger partial charge in [-0.2, -0.15) is 0 Å². The van der Waals surface area contributed by atoms with E-state index in [1.54, 1.807) is 42.5 Å². The highest BCUT2D eigenvalue weighted by atomic mass is 16.5. The van der Waals surface area contributed by atoms with Gasteiger partial charge < -0.3 is 15.4 Å². The van der Waals surface area contributed by atoms with Crippen LogP contribution in [0.25, 0.3) is 0 Å². The molecule has 0 radical (unpaired) electrons. The van der Waals surface area contributed by atoms with E-state index in [2.05, 4.69) is 15.4 Å². The Morgan fingerprint density at radius 3 is 2.14 bits per heavy atom. The number of esters is 1. The van der Waals surface area contributed by atoms with E-state index in [1.165, 1.54) is 13.2 Å². The molecule has 2 N–H and O–H groups in total. The third-order valence-corrected chi connectivity index (χ3v) is 4.25. The van der Waals surface area contributed by atoms with E-state index in [-0.39, 0.29) is 11.8 Å². The SMILES string of the molecule is COC(=O)c1cccc(C(=O)Nc2ccc(C(=O)NCc3ccccc3)cc2)c1. The number of carbonyl (C=O) groups is 3. The summed E-state index contributed by atoms with van der Waals surface area (Å²) in [6, 6.07) is 22.5. The summed E-state index contributed by atoms with van der Waals surface area (Å²) >= 11 is 0. The van der Waals surface area contributed by atoms with Gasteiger partial charge in [0, 0.05) is 23.4 Å². The lowest BCUT2D eigenvalue weighted by Gasteiger charge is -2.08. The van der Waals surface area contributed by atoms with Crippen molar-refractivity contribution in [3.8, 4) is 0 Å². The van der Waals surface area contributed by atoms with Crippen LogP contribution in [0.1, 0.15) is 36.6 Å². The van der Waals surface area contributed by atoms with Crippen LogP contribution in [0.4, 0.5) is 5.69 Å². The van der Waals surface area contributed by atoms with Gasteiger partial charge in [0.25, 0.3) is 11.8 Å². The van der Waals surface area contributed by atoms with Gasteiger partial charge >= 0.3 is 5.97 Å². The third-order valence-electron chi connectivity index (χ3n) is 4.25. The van der Waals surface area contributed by atoms with Crippen molar-refractivity contribution in [1.82, 2.24) is 5.32 Å². The maximum Gasteiger partial charge on any atom is 0.337 e. The molecular formula is C23H20N2O4. The van der Waals surface area contributed by atoms with Crippen LogP contribution in [0.5, 0.6) is 0 Å². The zero-order chi connectivity index (χ0) is 20.6. The maximum atomic E-state index is 12.4. The number of hydrogen-bond acceptors (Lipinski definition) is 4. The average molecular weight is 388 g/mol. The number of nitrogens with one attached hydrogen (secondary N) is 2. The number of ether oxygens (including phenoxy) is 1. The van der Waals surface area contributed by atoms with Crippen molar-refractivity contribution >= 4 is 23.5 Å². The molecule has 0 bridgehead atoms. The molecule has 2 amide bonds. The highest BCUT2D eigenvalue weighted by Gasteiger charge is 2.11. The molecule has 6 heteroatoms. The van der Waals surface area contributed by atoms with Crippen molar-refractivity contribution in [1.29, 1.82) is 0 Å². The Morgan fingerprint density at radius 1 is 0.759 bits per heavy atom. The topological polar surface area (TPSA) is 84.5 Å². The van der Waals surface area contributed by atoms with Crippen molar-refractivity contribution in [3.05, 3.63) is 101 Å². The monoisotopic (exact) mass is 388 g/mol. The van der Waals surface area contributed by atoms with Crippen molar-refractivity contribution in [3.63, 3.8) is 0 Å². The van der Waals surface area contributed by atoms with Crippen LogP contribution < -0.4 is 10.6 Å². The van der Waals surface area contributed by atoms with Gasteiger partial charge in [0.15, 0.2) is 0 Å². The van der Waals surface area contributed by atoms with Crippen molar-refractivity contribution in [2.24, 2.45) is 0 Å². The molecule has 0 aliphatic rings. The molecule has 0 aliphatic heterocycles. The highest BCUT2D eigenvalue weighted by molar-refractivity contribution is 6.06. The Bertz CT molecular complexity index is 1010. The zero-order valence-corrected chi connectivity index (χ0v) is 15.8. The number of methoxy groups -OCH3 is 1. The normalized spacial score (nSPS) is 10.1. The standard InChI is InChI=1S/C23H20N2O4/c1-29-23(28)19-9-5-8-18(14-19)22(27)25-20-12-10-17(11-13-20)21(26)24-15-16-6-3-2-4-7-16/h2-14H,15H2,1H3,(H,24,26)(H,25,27). The Morgan fingerprint density at radius 2 is 1.45 bits per heavy atom. The summed E-state index contributed by atoms with van der Waals surface area (Å²) in [6.07, 6.45) is 0. The number of amides is 2. The summed E-state index contributed by atoms with van der Waals surface area (Å²) in [7, 11) is 1.28. The van der Waals surface area contributed by atoms with Crippen LogP contribution in [-0.2, 0) is 11.3 Å². The molecule has 0 spiro atoms. The van der Waals surface area contributed by atoms with Crippen LogP contribution in [0, 0.1) is 0 Å². The molecule has 0 aliphatic carbocycles. The van der Waals surface area contributed by atoms with Gasteiger partial charge in [0.1, 0.15) is 0 Å². The quantitative estimate of drug-likeness (QED) is 0.631. The maximum absolute atomic E-state index is 12.4. The van der Waals surface area contributed by atoms with Gasteiger partial charge in [-0.3, -0.25) is 9.59 Å². The predicted octanol–water partition coefficient (Wildman–Crippen LogP) is 3.66. The molecule has 3 rings (SSSR count). The van der Waals surface area contributed by atoms with Gasteiger partial charge in [0.05, 0.1) is 12.7 Å². The van der Waals surface area contributed by atoms with E-state index >= 15 is 0 Å². The number of benzene rings is 3. The molecule has 0 heterocycles. The molecule has 0 aromatic heterocycles. The summed E-state index contributed by atoms with van der Waals surface area (Å²) in [5.41, 5.74) is 2.67. The van der Waals surface area contributed by atoms with E-state index < -0.39 is 5.97 Å². The first-order valence-corrected chi connectivity index (χ1v) is 8.99. The molecule has 29 heavy (non-hydrogen) atoms. The smallest absolute Gasteiger partial charge is 0.337 e. The molecule has 0 saturated heterocycles. The first-order chi connectivity index (χ1) is 14.1. The Labute approximate surface area is 168 Å². The summed E-state index contributed by atoms with van der Waals surface area (Å²) in [4.78, 5) is 36.3. The molecule has 6 nitrogen and oxygen atoms in total. The molecule has 0 fully saturated rings. The molecular weight excluding hydrogens is 368 g/mol. The largest absolute Gasteiger partial charge is 0.465 e. The number of anilines is 1. The van der Waals surface area contributed by atoms with E-state index in [4.69, 9.17) is 0 Å². The minimum absolute atomic E-state index is 0.197. The zero-order valence-electron chi connectivity index (χ0n) is 15.8. The van der Waals surface area contributed by atoms with Crippen molar-refractivity contribution in [2.75, 3.05) is 12.4 Å². The Kier molecular flexibility index (Phi) is 6.37. The molecule has 0 saturated carbocycles. The van der Waals surface area contributed by atoms with Gasteiger partial charge in [0.2, 0.25) is 0 Å². The number of carbonyl (C=O) groups excluding carboxylic acids is 3. The molecule has 3 aromatic carbocycles. The number of rotatable bonds is 6. The fraction of sp³-hybridized carbons (Fsp3) is 0.0870. The highest BCUT2D eigenvalue weighted by Crippen LogP contribution is 2.13. The molecule has 3 aromatic rings.